The monoisotopic (exact) mass is 286 g/mol. The van der Waals surface area contributed by atoms with Crippen molar-refractivity contribution in [2.75, 3.05) is 13.6 Å². The Bertz CT molecular complexity index is 439. The van der Waals surface area contributed by atoms with E-state index in [0.29, 0.717) is 6.04 Å². The van der Waals surface area contributed by atoms with Gasteiger partial charge in [0, 0.05) is 18.1 Å². The van der Waals surface area contributed by atoms with Crippen LogP contribution in [0.3, 0.4) is 0 Å². The third-order valence-electron chi connectivity index (χ3n) is 5.78. The van der Waals surface area contributed by atoms with E-state index in [-0.39, 0.29) is 0 Å². The number of hydrogen-bond donors (Lipinski definition) is 1. The van der Waals surface area contributed by atoms with Crippen molar-refractivity contribution in [2.24, 2.45) is 5.92 Å². The summed E-state index contributed by atoms with van der Waals surface area (Å²) < 4.78 is 0. The van der Waals surface area contributed by atoms with Crippen LogP contribution in [0, 0.1) is 5.92 Å². The van der Waals surface area contributed by atoms with E-state index < -0.39 is 0 Å². The number of benzene rings is 1. The summed E-state index contributed by atoms with van der Waals surface area (Å²) in [6.45, 7) is 5.52. The van der Waals surface area contributed by atoms with E-state index in [9.17, 15) is 0 Å². The molecule has 21 heavy (non-hydrogen) atoms. The van der Waals surface area contributed by atoms with Crippen LogP contribution in [-0.4, -0.2) is 30.6 Å². The van der Waals surface area contributed by atoms with Crippen LogP contribution >= 0.6 is 0 Å². The highest BCUT2D eigenvalue weighted by molar-refractivity contribution is 5.26. The van der Waals surface area contributed by atoms with E-state index in [1.807, 2.05) is 0 Å². The Labute approximate surface area is 129 Å². The van der Waals surface area contributed by atoms with Gasteiger partial charge < -0.3 is 10.2 Å². The van der Waals surface area contributed by atoms with Crippen LogP contribution in [0.25, 0.3) is 0 Å². The van der Waals surface area contributed by atoms with Crippen LogP contribution in [0.2, 0.25) is 0 Å². The van der Waals surface area contributed by atoms with Gasteiger partial charge in [-0.3, -0.25) is 0 Å². The fourth-order valence-electron chi connectivity index (χ4n) is 4.46. The van der Waals surface area contributed by atoms with E-state index >= 15 is 0 Å². The second kappa shape index (κ2) is 6.50. The van der Waals surface area contributed by atoms with E-state index in [1.165, 1.54) is 36.8 Å². The van der Waals surface area contributed by atoms with E-state index in [1.54, 1.807) is 0 Å². The summed E-state index contributed by atoms with van der Waals surface area (Å²) in [4.78, 5) is 2.64. The molecule has 2 fully saturated rings. The second-order valence-electron chi connectivity index (χ2n) is 6.91. The summed E-state index contributed by atoms with van der Waals surface area (Å²) in [5.74, 6) is 0.797. The van der Waals surface area contributed by atoms with Crippen molar-refractivity contribution in [1.29, 1.82) is 0 Å². The molecule has 2 aliphatic heterocycles. The molecule has 1 aromatic rings. The highest BCUT2D eigenvalue weighted by Crippen LogP contribution is 2.42. The molecule has 2 nitrogen and oxygen atoms in total. The minimum absolute atomic E-state index is 0.540. The first kappa shape index (κ1) is 15.1. The fourth-order valence-corrected chi connectivity index (χ4v) is 4.46. The van der Waals surface area contributed by atoms with Gasteiger partial charge in [-0.25, -0.2) is 0 Å². The maximum Gasteiger partial charge on any atom is 0.0349 e. The highest BCUT2D eigenvalue weighted by atomic mass is 15.2. The summed E-state index contributed by atoms with van der Waals surface area (Å²) in [5, 5.41) is 3.77. The molecular weight excluding hydrogens is 256 g/mol. The lowest BCUT2D eigenvalue weighted by atomic mass is 9.82. The molecule has 0 saturated carbocycles. The summed E-state index contributed by atoms with van der Waals surface area (Å²) in [6.07, 6.45) is 6.67. The molecule has 0 aliphatic carbocycles. The molecular formula is C19H30N2. The molecule has 0 amide bonds. The molecule has 3 unspecified atom stereocenters. The van der Waals surface area contributed by atoms with E-state index in [0.717, 1.165) is 31.0 Å². The molecule has 0 aromatic heterocycles. The normalized spacial score (nSPS) is 30.5. The Hall–Kier alpha value is -0.860. The van der Waals surface area contributed by atoms with Gasteiger partial charge in [-0.15, -0.1) is 0 Å². The average molecular weight is 286 g/mol. The third kappa shape index (κ3) is 3.02. The van der Waals surface area contributed by atoms with Crippen molar-refractivity contribution < 1.29 is 0 Å². The number of hydrogen-bond acceptors (Lipinski definition) is 2. The zero-order chi connectivity index (χ0) is 14.8. The molecule has 2 saturated heterocycles. The van der Waals surface area contributed by atoms with Crippen LogP contribution < -0.4 is 5.32 Å². The summed E-state index contributed by atoms with van der Waals surface area (Å²) in [7, 11) is 2.33. The lowest BCUT2D eigenvalue weighted by Gasteiger charge is -2.40. The molecule has 0 radical (unpaired) electrons. The van der Waals surface area contributed by atoms with Crippen LogP contribution in [0.5, 0.6) is 0 Å². The number of rotatable bonds is 5. The molecule has 3 atom stereocenters. The quantitative estimate of drug-likeness (QED) is 0.886. The molecule has 1 N–H and O–H groups in total. The first-order valence-electron chi connectivity index (χ1n) is 8.77. The lowest BCUT2D eigenvalue weighted by molar-refractivity contribution is 0.113. The number of nitrogens with one attached hydrogen (secondary N) is 1. The Morgan fingerprint density at radius 1 is 1.10 bits per heavy atom. The minimum Gasteiger partial charge on any atom is -0.310 e. The Balaban J connectivity index is 1.77. The molecule has 2 aliphatic rings. The van der Waals surface area contributed by atoms with Gasteiger partial charge in [0.15, 0.2) is 0 Å². The van der Waals surface area contributed by atoms with Crippen molar-refractivity contribution in [3.63, 3.8) is 0 Å². The Kier molecular flexibility index (Phi) is 4.66. The van der Waals surface area contributed by atoms with Crippen molar-refractivity contribution >= 4 is 0 Å². The largest absolute Gasteiger partial charge is 0.310 e. The molecule has 2 heteroatoms. The van der Waals surface area contributed by atoms with Crippen LogP contribution in [0.4, 0.5) is 0 Å². The first-order valence-corrected chi connectivity index (χ1v) is 8.77. The highest BCUT2D eigenvalue weighted by Gasteiger charge is 2.41. The first-order chi connectivity index (χ1) is 10.2. The second-order valence-corrected chi connectivity index (χ2v) is 6.91. The van der Waals surface area contributed by atoms with Crippen molar-refractivity contribution in [3.05, 3.63) is 35.4 Å². The fraction of sp³-hybridized carbons (Fsp3) is 0.684. The van der Waals surface area contributed by atoms with Gasteiger partial charge in [-0.05, 0) is 62.7 Å². The lowest BCUT2D eigenvalue weighted by Crippen LogP contribution is -2.43. The number of nitrogens with zero attached hydrogens (tertiary/aromatic N) is 1. The zero-order valence-electron chi connectivity index (χ0n) is 13.8. The Morgan fingerprint density at radius 2 is 1.71 bits per heavy atom. The van der Waals surface area contributed by atoms with Gasteiger partial charge in [0.2, 0.25) is 0 Å². The predicted octanol–water partition coefficient (Wildman–Crippen LogP) is 3.77. The van der Waals surface area contributed by atoms with Gasteiger partial charge >= 0.3 is 0 Å². The standard InChI is InChI=1S/C19H30N2/c1-4-14-6-8-15(9-7-14)19(20-5-2)16-12-17-10-11-18(13-16)21(17)3/h6-9,16-20H,4-5,10-13H2,1-3H3. The number of fused-ring (bicyclic) bond motifs is 2. The molecule has 1 aromatic carbocycles. The van der Waals surface area contributed by atoms with E-state index in [2.05, 4.69) is 55.4 Å². The van der Waals surface area contributed by atoms with Gasteiger partial charge in [0.25, 0.3) is 0 Å². The van der Waals surface area contributed by atoms with Crippen LogP contribution in [0.1, 0.15) is 56.7 Å². The molecule has 116 valence electrons. The van der Waals surface area contributed by atoms with Gasteiger partial charge in [-0.2, -0.15) is 0 Å². The Morgan fingerprint density at radius 3 is 2.24 bits per heavy atom. The topological polar surface area (TPSA) is 15.3 Å². The smallest absolute Gasteiger partial charge is 0.0349 e. The van der Waals surface area contributed by atoms with Gasteiger partial charge in [0.1, 0.15) is 0 Å². The molecule has 2 heterocycles. The third-order valence-corrected chi connectivity index (χ3v) is 5.78. The van der Waals surface area contributed by atoms with Gasteiger partial charge in [-0.1, -0.05) is 38.1 Å². The van der Waals surface area contributed by atoms with Crippen molar-refractivity contribution in [1.82, 2.24) is 10.2 Å². The zero-order valence-corrected chi connectivity index (χ0v) is 13.8. The predicted molar refractivity (Wildman–Crippen MR) is 89.5 cm³/mol. The van der Waals surface area contributed by atoms with Crippen molar-refractivity contribution in [2.45, 2.75) is 64.1 Å². The number of aryl methyl sites for hydroxylation is 1. The SMILES string of the molecule is CCNC(c1ccc(CC)cc1)C1CC2CCC(C1)N2C. The van der Waals surface area contributed by atoms with Crippen LogP contribution in [-0.2, 0) is 6.42 Å². The minimum atomic E-state index is 0.540. The molecule has 2 bridgehead atoms. The molecule has 3 rings (SSSR count). The summed E-state index contributed by atoms with van der Waals surface area (Å²) in [5.41, 5.74) is 2.93. The maximum atomic E-state index is 3.77. The maximum absolute atomic E-state index is 3.77. The van der Waals surface area contributed by atoms with E-state index in [4.69, 9.17) is 0 Å². The van der Waals surface area contributed by atoms with Crippen molar-refractivity contribution in [3.8, 4) is 0 Å². The average Bonchev–Trinajstić information content (AvgIpc) is 2.74. The van der Waals surface area contributed by atoms with Gasteiger partial charge in [0.05, 0.1) is 0 Å². The molecule has 0 spiro atoms. The summed E-state index contributed by atoms with van der Waals surface area (Å²) >= 11 is 0. The van der Waals surface area contributed by atoms with Crippen LogP contribution in [0.15, 0.2) is 24.3 Å². The number of piperidine rings is 1. The summed E-state index contributed by atoms with van der Waals surface area (Å²) in [6, 6.07) is 11.5.